The molecule has 0 aliphatic heterocycles. The molecule has 0 saturated heterocycles. The van der Waals surface area contributed by atoms with E-state index < -0.39 is 4.92 Å². The van der Waals surface area contributed by atoms with Crippen molar-refractivity contribution in [3.63, 3.8) is 0 Å². The summed E-state index contributed by atoms with van der Waals surface area (Å²) < 4.78 is 0. The van der Waals surface area contributed by atoms with Crippen LogP contribution in [0.15, 0.2) is 65.7 Å². The van der Waals surface area contributed by atoms with Crippen molar-refractivity contribution in [1.29, 1.82) is 0 Å². The van der Waals surface area contributed by atoms with Gasteiger partial charge in [-0.3, -0.25) is 15.1 Å². The maximum atomic E-state index is 10.8. The van der Waals surface area contributed by atoms with E-state index in [1.165, 1.54) is 24.4 Å². The SMILES string of the molecule is O=[N+]([O-])c1ccc(O)c(/C=N/c2cccc3ccccc23)c1. The molecular weight excluding hydrogens is 280 g/mol. The lowest BCUT2D eigenvalue weighted by molar-refractivity contribution is -0.384. The summed E-state index contributed by atoms with van der Waals surface area (Å²) in [5, 5.41) is 22.6. The van der Waals surface area contributed by atoms with Crippen LogP contribution in [0.2, 0.25) is 0 Å². The summed E-state index contributed by atoms with van der Waals surface area (Å²) in [6, 6.07) is 17.4. The highest BCUT2D eigenvalue weighted by Crippen LogP contribution is 2.27. The number of hydrogen-bond donors (Lipinski definition) is 1. The monoisotopic (exact) mass is 292 g/mol. The van der Waals surface area contributed by atoms with Crippen molar-refractivity contribution in [2.45, 2.75) is 0 Å². The molecule has 0 unspecified atom stereocenters. The van der Waals surface area contributed by atoms with Gasteiger partial charge in [-0.1, -0.05) is 36.4 Å². The number of aliphatic imine (C=N–C) groups is 1. The molecule has 108 valence electrons. The molecule has 5 nitrogen and oxygen atoms in total. The van der Waals surface area contributed by atoms with E-state index in [0.29, 0.717) is 5.56 Å². The van der Waals surface area contributed by atoms with Gasteiger partial charge in [-0.05, 0) is 17.5 Å². The predicted molar refractivity (Wildman–Crippen MR) is 86.0 cm³/mol. The Morgan fingerprint density at radius 1 is 1.05 bits per heavy atom. The van der Waals surface area contributed by atoms with Crippen molar-refractivity contribution in [3.05, 3.63) is 76.3 Å². The number of aromatic hydroxyl groups is 1. The van der Waals surface area contributed by atoms with Gasteiger partial charge in [-0.25, -0.2) is 0 Å². The van der Waals surface area contributed by atoms with Crippen molar-refractivity contribution in [2.24, 2.45) is 4.99 Å². The van der Waals surface area contributed by atoms with Gasteiger partial charge in [0.25, 0.3) is 5.69 Å². The van der Waals surface area contributed by atoms with Crippen LogP contribution in [0.5, 0.6) is 5.75 Å². The summed E-state index contributed by atoms with van der Waals surface area (Å²) >= 11 is 0. The number of fused-ring (bicyclic) bond motifs is 1. The molecule has 0 radical (unpaired) electrons. The molecule has 0 aliphatic rings. The second-order valence-corrected chi connectivity index (χ2v) is 4.76. The minimum Gasteiger partial charge on any atom is -0.507 e. The first kappa shape index (κ1) is 13.8. The van der Waals surface area contributed by atoms with Gasteiger partial charge in [0, 0.05) is 29.3 Å². The Morgan fingerprint density at radius 2 is 1.82 bits per heavy atom. The first-order valence-electron chi connectivity index (χ1n) is 6.64. The summed E-state index contributed by atoms with van der Waals surface area (Å²) in [4.78, 5) is 14.6. The quantitative estimate of drug-likeness (QED) is 0.446. The van der Waals surface area contributed by atoms with Crippen molar-refractivity contribution in [1.82, 2.24) is 0 Å². The average Bonchev–Trinajstić information content (AvgIpc) is 2.54. The molecule has 1 N–H and O–H groups in total. The summed E-state index contributed by atoms with van der Waals surface area (Å²) in [7, 11) is 0. The Labute approximate surface area is 126 Å². The first-order chi connectivity index (χ1) is 10.6. The molecule has 0 saturated carbocycles. The van der Waals surface area contributed by atoms with Crippen LogP contribution in [0.1, 0.15) is 5.56 Å². The van der Waals surface area contributed by atoms with Crippen LogP contribution in [0, 0.1) is 10.1 Å². The van der Waals surface area contributed by atoms with Crippen LogP contribution in [-0.4, -0.2) is 16.2 Å². The van der Waals surface area contributed by atoms with Gasteiger partial charge in [0.05, 0.1) is 10.6 Å². The van der Waals surface area contributed by atoms with Gasteiger partial charge >= 0.3 is 0 Å². The number of non-ortho nitro benzene ring substituents is 1. The lowest BCUT2D eigenvalue weighted by Gasteiger charge is -2.02. The molecule has 0 atom stereocenters. The number of phenols is 1. The summed E-state index contributed by atoms with van der Waals surface area (Å²) in [5.41, 5.74) is 0.961. The minimum absolute atomic E-state index is 0.0467. The van der Waals surface area contributed by atoms with Gasteiger partial charge in [-0.2, -0.15) is 0 Å². The highest BCUT2D eigenvalue weighted by Gasteiger charge is 2.08. The average molecular weight is 292 g/mol. The second-order valence-electron chi connectivity index (χ2n) is 4.76. The molecule has 0 amide bonds. The van der Waals surface area contributed by atoms with Gasteiger partial charge in [-0.15, -0.1) is 0 Å². The van der Waals surface area contributed by atoms with E-state index in [1.54, 1.807) is 0 Å². The van der Waals surface area contributed by atoms with E-state index in [9.17, 15) is 15.2 Å². The fourth-order valence-electron chi connectivity index (χ4n) is 2.22. The lowest BCUT2D eigenvalue weighted by Crippen LogP contribution is -1.90. The Bertz CT molecular complexity index is 883. The number of benzene rings is 3. The fraction of sp³-hybridized carbons (Fsp3) is 0. The van der Waals surface area contributed by atoms with Crippen LogP contribution in [0.4, 0.5) is 11.4 Å². The Kier molecular flexibility index (Phi) is 3.53. The number of nitro benzene ring substituents is 1. The van der Waals surface area contributed by atoms with Crippen LogP contribution in [-0.2, 0) is 0 Å². The van der Waals surface area contributed by atoms with E-state index >= 15 is 0 Å². The van der Waals surface area contributed by atoms with Gasteiger partial charge in [0.1, 0.15) is 5.75 Å². The number of phenolic OH excluding ortho intramolecular Hbond substituents is 1. The molecular formula is C17H12N2O3. The summed E-state index contributed by atoms with van der Waals surface area (Å²) in [6.07, 6.45) is 1.43. The third kappa shape index (κ3) is 2.64. The van der Waals surface area contributed by atoms with Gasteiger partial charge in [0.15, 0.2) is 0 Å². The zero-order valence-electron chi connectivity index (χ0n) is 11.5. The molecule has 0 fully saturated rings. The van der Waals surface area contributed by atoms with E-state index in [-0.39, 0.29) is 11.4 Å². The zero-order valence-corrected chi connectivity index (χ0v) is 11.5. The van der Waals surface area contributed by atoms with Crippen LogP contribution >= 0.6 is 0 Å². The third-order valence-corrected chi connectivity index (χ3v) is 3.33. The van der Waals surface area contributed by atoms with E-state index in [1.807, 2.05) is 42.5 Å². The molecule has 0 aromatic heterocycles. The third-order valence-electron chi connectivity index (χ3n) is 3.33. The largest absolute Gasteiger partial charge is 0.507 e. The predicted octanol–water partition coefficient (Wildman–Crippen LogP) is 4.20. The van der Waals surface area contributed by atoms with Crippen molar-refractivity contribution in [2.75, 3.05) is 0 Å². The maximum absolute atomic E-state index is 10.8. The summed E-state index contributed by atoms with van der Waals surface area (Å²) in [5.74, 6) is -0.0467. The number of nitrogens with zero attached hydrogens (tertiary/aromatic N) is 2. The van der Waals surface area contributed by atoms with E-state index in [0.717, 1.165) is 16.5 Å². The smallest absolute Gasteiger partial charge is 0.270 e. The van der Waals surface area contributed by atoms with Crippen LogP contribution in [0.25, 0.3) is 10.8 Å². The summed E-state index contributed by atoms with van der Waals surface area (Å²) in [6.45, 7) is 0. The fourth-order valence-corrected chi connectivity index (χ4v) is 2.22. The molecule has 5 heteroatoms. The van der Waals surface area contributed by atoms with Crippen molar-refractivity contribution >= 4 is 28.4 Å². The Morgan fingerprint density at radius 3 is 2.64 bits per heavy atom. The maximum Gasteiger partial charge on any atom is 0.270 e. The van der Waals surface area contributed by atoms with Crippen molar-refractivity contribution < 1.29 is 10.0 Å². The Hall–Kier alpha value is -3.21. The lowest BCUT2D eigenvalue weighted by atomic mass is 10.1. The van der Waals surface area contributed by atoms with Gasteiger partial charge in [0.2, 0.25) is 0 Å². The molecule has 3 rings (SSSR count). The Balaban J connectivity index is 2.03. The molecule has 0 bridgehead atoms. The molecule has 0 spiro atoms. The normalized spacial score (nSPS) is 11.1. The minimum atomic E-state index is -0.505. The highest BCUT2D eigenvalue weighted by atomic mass is 16.6. The molecule has 3 aromatic carbocycles. The molecule has 0 aliphatic carbocycles. The van der Waals surface area contributed by atoms with E-state index in [2.05, 4.69) is 4.99 Å². The topological polar surface area (TPSA) is 75.7 Å². The van der Waals surface area contributed by atoms with Crippen LogP contribution < -0.4 is 0 Å². The van der Waals surface area contributed by atoms with Crippen molar-refractivity contribution in [3.8, 4) is 5.75 Å². The molecule has 22 heavy (non-hydrogen) atoms. The first-order valence-corrected chi connectivity index (χ1v) is 6.64. The second kappa shape index (κ2) is 5.65. The van der Waals surface area contributed by atoms with E-state index in [4.69, 9.17) is 0 Å². The molecule has 0 heterocycles. The number of hydrogen-bond acceptors (Lipinski definition) is 4. The highest BCUT2D eigenvalue weighted by molar-refractivity contribution is 5.95. The number of nitro groups is 1. The molecule has 3 aromatic rings. The van der Waals surface area contributed by atoms with Gasteiger partial charge < -0.3 is 5.11 Å². The number of rotatable bonds is 3. The zero-order chi connectivity index (χ0) is 15.5. The van der Waals surface area contributed by atoms with Crippen LogP contribution in [0.3, 0.4) is 0 Å². The standard InChI is InChI=1S/C17H12N2O3/c20-17-9-8-14(19(21)22)10-13(17)11-18-16-7-3-5-12-4-1-2-6-15(12)16/h1-11,20H/b18-11+.